The van der Waals surface area contributed by atoms with Gasteiger partial charge in [0.15, 0.2) is 0 Å². The van der Waals surface area contributed by atoms with Crippen molar-refractivity contribution in [1.82, 2.24) is 10.2 Å². The minimum Gasteiger partial charge on any atom is -0.490 e. The summed E-state index contributed by atoms with van der Waals surface area (Å²) in [4.78, 5) is 29.9. The third-order valence-electron chi connectivity index (χ3n) is 8.51. The van der Waals surface area contributed by atoms with Crippen molar-refractivity contribution in [1.29, 1.82) is 0 Å². The fourth-order valence-corrected chi connectivity index (χ4v) is 6.71. The van der Waals surface area contributed by atoms with Gasteiger partial charge in [0.2, 0.25) is 5.91 Å². The molecule has 1 saturated heterocycles. The number of carbonyl (C=O) groups excluding carboxylic acids is 2. The van der Waals surface area contributed by atoms with Gasteiger partial charge in [0.1, 0.15) is 24.2 Å². The van der Waals surface area contributed by atoms with E-state index in [1.807, 2.05) is 61.5 Å². The number of piperazine rings is 1. The molecule has 0 spiro atoms. The summed E-state index contributed by atoms with van der Waals surface area (Å²) in [5.41, 5.74) is 3.52. The van der Waals surface area contributed by atoms with Crippen LogP contribution in [0.2, 0.25) is 0 Å². The average molecular weight is 670 g/mol. The van der Waals surface area contributed by atoms with E-state index in [1.54, 1.807) is 41.3 Å². The molecule has 250 valence electrons. The quantitative estimate of drug-likeness (QED) is 0.211. The van der Waals surface area contributed by atoms with Crippen LogP contribution in [0, 0.1) is 6.92 Å². The predicted molar refractivity (Wildman–Crippen MR) is 182 cm³/mol. The Bertz CT molecular complexity index is 1800. The van der Waals surface area contributed by atoms with Crippen molar-refractivity contribution in [2.75, 3.05) is 37.6 Å². The molecule has 0 bridgehead atoms. The maximum atomic E-state index is 12.9. The summed E-state index contributed by atoms with van der Waals surface area (Å²) in [5.74, 6) is 0.783. The molecule has 10 nitrogen and oxygen atoms in total. The van der Waals surface area contributed by atoms with Gasteiger partial charge in [-0.05, 0) is 67.1 Å². The highest BCUT2D eigenvalue weighted by Crippen LogP contribution is 2.31. The number of amides is 2. The minimum absolute atomic E-state index is 0.103. The first-order valence-corrected chi connectivity index (χ1v) is 17.5. The van der Waals surface area contributed by atoms with Gasteiger partial charge in [-0.25, -0.2) is 0 Å². The second kappa shape index (κ2) is 14.9. The monoisotopic (exact) mass is 669 g/mol. The highest BCUT2D eigenvalue weighted by molar-refractivity contribution is 7.86. The molecule has 1 aliphatic heterocycles. The van der Waals surface area contributed by atoms with Crippen LogP contribution in [0.3, 0.4) is 0 Å². The van der Waals surface area contributed by atoms with Crippen molar-refractivity contribution in [2.24, 2.45) is 0 Å². The molecule has 4 aromatic rings. The number of aryl methyl sites for hydroxylation is 1. The minimum atomic E-state index is -3.85. The standard InChI is InChI=1S/C37H39N3O7S/c1-27-10-16-35(17-11-27)48(43,44)47-34-23-33(24-34)46-32-9-5-8-29(22-32)37(42)38-25-36(41)40-20-18-39(19-21-40)30-12-14-31(15-13-30)45-26-28-6-3-2-4-7-28/h2-17,22,33-34H,18-21,23-26H2,1H3,(H,38,42). The normalized spacial score (nSPS) is 17.7. The second-order valence-corrected chi connectivity index (χ2v) is 13.6. The van der Waals surface area contributed by atoms with E-state index in [9.17, 15) is 18.0 Å². The summed E-state index contributed by atoms with van der Waals surface area (Å²) in [6.45, 7) is 4.79. The second-order valence-electron chi connectivity index (χ2n) is 12.0. The molecular formula is C37H39N3O7S. The van der Waals surface area contributed by atoms with E-state index < -0.39 is 16.2 Å². The Labute approximate surface area is 281 Å². The SMILES string of the molecule is Cc1ccc(S(=O)(=O)OC2CC(Oc3cccc(C(=O)NCC(=O)N4CCN(c5ccc(OCc6ccccc6)cc5)CC4)c3)C2)cc1. The number of nitrogens with zero attached hydrogens (tertiary/aromatic N) is 2. The van der Waals surface area contributed by atoms with Gasteiger partial charge >= 0.3 is 0 Å². The first kappa shape index (κ1) is 33.0. The van der Waals surface area contributed by atoms with Crippen LogP contribution in [-0.2, 0) is 25.7 Å². The number of hydrogen-bond donors (Lipinski definition) is 1. The molecule has 1 aliphatic carbocycles. The van der Waals surface area contributed by atoms with Crippen LogP contribution in [0.5, 0.6) is 11.5 Å². The molecule has 48 heavy (non-hydrogen) atoms. The highest BCUT2D eigenvalue weighted by atomic mass is 32.2. The third-order valence-corrected chi connectivity index (χ3v) is 9.88. The van der Waals surface area contributed by atoms with Gasteiger partial charge in [0, 0.05) is 50.3 Å². The molecule has 0 radical (unpaired) electrons. The Balaban J connectivity index is 0.906. The number of benzene rings is 4. The number of rotatable bonds is 12. The maximum absolute atomic E-state index is 12.9. The summed E-state index contributed by atoms with van der Waals surface area (Å²) in [6.07, 6.45) is 0.133. The molecule has 1 heterocycles. The topological polar surface area (TPSA) is 114 Å². The van der Waals surface area contributed by atoms with Crippen LogP contribution < -0.4 is 19.7 Å². The zero-order chi connectivity index (χ0) is 33.5. The highest BCUT2D eigenvalue weighted by Gasteiger charge is 2.36. The van der Waals surface area contributed by atoms with Crippen LogP contribution in [-0.4, -0.2) is 70.1 Å². The van der Waals surface area contributed by atoms with Crippen molar-refractivity contribution in [2.45, 2.75) is 43.5 Å². The van der Waals surface area contributed by atoms with E-state index in [-0.39, 0.29) is 29.4 Å². The lowest BCUT2D eigenvalue weighted by molar-refractivity contribution is -0.130. The number of nitrogens with one attached hydrogen (secondary N) is 1. The molecule has 0 atom stereocenters. The number of anilines is 1. The number of ether oxygens (including phenoxy) is 2. The van der Waals surface area contributed by atoms with Crippen LogP contribution in [0.25, 0.3) is 0 Å². The Hall–Kier alpha value is -4.87. The Morgan fingerprint density at radius 2 is 1.50 bits per heavy atom. The average Bonchev–Trinajstić information content (AvgIpc) is 3.09. The summed E-state index contributed by atoms with van der Waals surface area (Å²) in [5, 5.41) is 2.73. The molecule has 1 N–H and O–H groups in total. The maximum Gasteiger partial charge on any atom is 0.297 e. The summed E-state index contributed by atoms with van der Waals surface area (Å²) in [7, 11) is -3.85. The van der Waals surface area contributed by atoms with Gasteiger partial charge in [-0.1, -0.05) is 54.1 Å². The summed E-state index contributed by atoms with van der Waals surface area (Å²) in [6, 6.07) is 31.3. The van der Waals surface area contributed by atoms with E-state index in [0.717, 1.165) is 22.6 Å². The summed E-state index contributed by atoms with van der Waals surface area (Å²) < 4.78 is 42.3. The zero-order valence-corrected chi connectivity index (χ0v) is 27.6. The molecule has 2 aliphatic rings. The van der Waals surface area contributed by atoms with Crippen LogP contribution in [0.4, 0.5) is 5.69 Å². The predicted octanol–water partition coefficient (Wildman–Crippen LogP) is 4.97. The Morgan fingerprint density at radius 3 is 2.21 bits per heavy atom. The summed E-state index contributed by atoms with van der Waals surface area (Å²) >= 11 is 0. The fourth-order valence-electron chi connectivity index (χ4n) is 5.61. The first-order valence-electron chi connectivity index (χ1n) is 16.1. The lowest BCUT2D eigenvalue weighted by Gasteiger charge is -2.36. The third kappa shape index (κ3) is 8.53. The zero-order valence-electron chi connectivity index (χ0n) is 26.8. The van der Waals surface area contributed by atoms with Gasteiger partial charge in [-0.2, -0.15) is 8.42 Å². The van der Waals surface area contributed by atoms with Crippen LogP contribution in [0.15, 0.2) is 108 Å². The number of carbonyl (C=O) groups is 2. The van der Waals surface area contributed by atoms with E-state index in [4.69, 9.17) is 13.7 Å². The van der Waals surface area contributed by atoms with Crippen molar-refractivity contribution < 1.29 is 31.7 Å². The van der Waals surface area contributed by atoms with Crippen LogP contribution in [0.1, 0.15) is 34.3 Å². The largest absolute Gasteiger partial charge is 0.490 e. The lowest BCUT2D eigenvalue weighted by atomic mass is 9.92. The Morgan fingerprint density at radius 1 is 0.792 bits per heavy atom. The fraction of sp³-hybridized carbons (Fsp3) is 0.297. The van der Waals surface area contributed by atoms with Crippen molar-refractivity contribution >= 4 is 27.6 Å². The van der Waals surface area contributed by atoms with Gasteiger partial charge in [-0.3, -0.25) is 13.8 Å². The van der Waals surface area contributed by atoms with Crippen molar-refractivity contribution in [3.63, 3.8) is 0 Å². The van der Waals surface area contributed by atoms with E-state index in [0.29, 0.717) is 56.9 Å². The first-order chi connectivity index (χ1) is 23.2. The van der Waals surface area contributed by atoms with Crippen molar-refractivity contribution in [3.8, 4) is 11.5 Å². The lowest BCUT2D eigenvalue weighted by Crippen LogP contribution is -2.51. The molecule has 6 rings (SSSR count). The van der Waals surface area contributed by atoms with Gasteiger partial charge in [-0.15, -0.1) is 0 Å². The number of hydrogen-bond acceptors (Lipinski definition) is 8. The van der Waals surface area contributed by atoms with Crippen molar-refractivity contribution in [3.05, 3.63) is 120 Å². The van der Waals surface area contributed by atoms with Crippen LogP contribution >= 0.6 is 0 Å². The smallest absolute Gasteiger partial charge is 0.297 e. The molecular weight excluding hydrogens is 630 g/mol. The van der Waals surface area contributed by atoms with E-state index >= 15 is 0 Å². The molecule has 11 heteroatoms. The molecule has 2 fully saturated rings. The van der Waals surface area contributed by atoms with E-state index in [2.05, 4.69) is 10.2 Å². The molecule has 0 aromatic heterocycles. The Kier molecular flexibility index (Phi) is 10.3. The van der Waals surface area contributed by atoms with E-state index in [1.165, 1.54) is 12.1 Å². The molecule has 2 amide bonds. The molecule has 0 unspecified atom stereocenters. The molecule has 4 aromatic carbocycles. The van der Waals surface area contributed by atoms with Gasteiger partial charge in [0.25, 0.3) is 16.0 Å². The van der Waals surface area contributed by atoms with Gasteiger partial charge in [0.05, 0.1) is 17.5 Å². The molecule has 1 saturated carbocycles. The van der Waals surface area contributed by atoms with Gasteiger partial charge < -0.3 is 24.6 Å².